The van der Waals surface area contributed by atoms with Crippen LogP contribution in [0.25, 0.3) is 0 Å². The molecule has 0 aliphatic carbocycles. The molecule has 0 saturated carbocycles. The number of hydrogen-bond acceptors (Lipinski definition) is 4. The lowest BCUT2D eigenvalue weighted by Crippen LogP contribution is -2.37. The van der Waals surface area contributed by atoms with Crippen LogP contribution in [-0.4, -0.2) is 45.2 Å². The summed E-state index contributed by atoms with van der Waals surface area (Å²) in [5.41, 5.74) is 0. The van der Waals surface area contributed by atoms with Crippen molar-refractivity contribution < 1.29 is 4.79 Å². The summed E-state index contributed by atoms with van der Waals surface area (Å²) >= 11 is 0. The molecule has 1 amide bonds. The molecule has 6 nitrogen and oxygen atoms in total. The Hall–Kier alpha value is -1.43. The third-order valence-corrected chi connectivity index (χ3v) is 4.44. The Labute approximate surface area is 125 Å². The van der Waals surface area contributed by atoms with Crippen LogP contribution in [0.5, 0.6) is 0 Å². The minimum absolute atomic E-state index is 0.283. The first-order valence-electron chi connectivity index (χ1n) is 8.24. The summed E-state index contributed by atoms with van der Waals surface area (Å²) in [6.07, 6.45) is 7.64. The molecular formula is C15H25N5O. The number of carbonyl (C=O) groups excluding carboxylic acids is 1. The molecular weight excluding hydrogens is 266 g/mol. The zero-order chi connectivity index (χ0) is 14.5. The van der Waals surface area contributed by atoms with Gasteiger partial charge in [-0.3, -0.25) is 4.79 Å². The minimum Gasteiger partial charge on any atom is -0.343 e. The largest absolute Gasteiger partial charge is 0.343 e. The van der Waals surface area contributed by atoms with Gasteiger partial charge in [-0.1, -0.05) is 0 Å². The van der Waals surface area contributed by atoms with E-state index in [1.165, 1.54) is 19.3 Å². The molecule has 21 heavy (non-hydrogen) atoms. The summed E-state index contributed by atoms with van der Waals surface area (Å²) in [6, 6.07) is 0. The van der Waals surface area contributed by atoms with Gasteiger partial charge >= 0.3 is 0 Å². The van der Waals surface area contributed by atoms with E-state index in [4.69, 9.17) is 0 Å². The molecule has 6 heteroatoms. The summed E-state index contributed by atoms with van der Waals surface area (Å²) in [5, 5.41) is 11.8. The summed E-state index contributed by atoms with van der Waals surface area (Å²) in [6.45, 7) is 4.34. The predicted molar refractivity (Wildman–Crippen MR) is 79.7 cm³/mol. The number of amides is 1. The molecule has 0 unspecified atom stereocenters. The second-order valence-electron chi connectivity index (χ2n) is 6.01. The third kappa shape index (κ3) is 3.61. The van der Waals surface area contributed by atoms with Crippen LogP contribution >= 0.6 is 0 Å². The number of hydrogen-bond donors (Lipinski definition) is 1. The van der Waals surface area contributed by atoms with E-state index in [1.807, 2.05) is 4.90 Å². The zero-order valence-electron chi connectivity index (χ0n) is 12.7. The fourth-order valence-electron chi connectivity index (χ4n) is 3.20. The summed E-state index contributed by atoms with van der Waals surface area (Å²) in [4.78, 5) is 14.0. The number of aromatic nitrogens is 3. The first-order chi connectivity index (χ1) is 10.3. The van der Waals surface area contributed by atoms with Crippen molar-refractivity contribution in [2.75, 3.05) is 19.6 Å². The molecule has 2 aliphatic rings. The van der Waals surface area contributed by atoms with E-state index in [9.17, 15) is 4.79 Å². The lowest BCUT2D eigenvalue weighted by molar-refractivity contribution is -0.131. The molecule has 0 spiro atoms. The highest BCUT2D eigenvalue weighted by Crippen LogP contribution is 2.14. The van der Waals surface area contributed by atoms with Crippen LogP contribution < -0.4 is 5.32 Å². The van der Waals surface area contributed by atoms with E-state index >= 15 is 0 Å². The van der Waals surface area contributed by atoms with Crippen molar-refractivity contribution in [2.45, 2.75) is 58.0 Å². The van der Waals surface area contributed by atoms with Gasteiger partial charge in [-0.2, -0.15) is 0 Å². The van der Waals surface area contributed by atoms with Crippen molar-refractivity contribution in [1.29, 1.82) is 0 Å². The van der Waals surface area contributed by atoms with E-state index in [1.54, 1.807) is 0 Å². The number of likely N-dealkylation sites (tertiary alicyclic amines) is 1. The number of carbonyl (C=O) groups is 1. The second-order valence-corrected chi connectivity index (χ2v) is 6.01. The summed E-state index contributed by atoms with van der Waals surface area (Å²) in [7, 11) is 0. The van der Waals surface area contributed by atoms with Crippen molar-refractivity contribution in [3.8, 4) is 0 Å². The first kappa shape index (κ1) is 14.5. The van der Waals surface area contributed by atoms with Crippen LogP contribution in [0.3, 0.4) is 0 Å². The third-order valence-electron chi connectivity index (χ3n) is 4.44. The second kappa shape index (κ2) is 7.02. The highest BCUT2D eigenvalue weighted by molar-refractivity contribution is 5.76. The number of piperidine rings is 1. The Morgan fingerprint density at radius 1 is 1.05 bits per heavy atom. The van der Waals surface area contributed by atoms with E-state index in [0.717, 1.165) is 57.1 Å². The van der Waals surface area contributed by atoms with Gasteiger partial charge in [0.15, 0.2) is 0 Å². The molecule has 2 aliphatic heterocycles. The van der Waals surface area contributed by atoms with Gasteiger partial charge in [0, 0.05) is 39.0 Å². The van der Waals surface area contributed by atoms with Gasteiger partial charge in [0.05, 0.1) is 6.54 Å². The van der Waals surface area contributed by atoms with Gasteiger partial charge in [-0.05, 0) is 32.1 Å². The lowest BCUT2D eigenvalue weighted by Gasteiger charge is -2.26. The number of rotatable bonds is 5. The standard InChI is InChI=1S/C15H25N5O/c21-15(19-9-3-1-4-10-19)7-8-16-12-14-18-17-13-6-2-5-11-20(13)14/h16H,1-12H2. The van der Waals surface area contributed by atoms with E-state index in [2.05, 4.69) is 20.1 Å². The molecule has 0 radical (unpaired) electrons. The van der Waals surface area contributed by atoms with E-state index in [0.29, 0.717) is 13.0 Å². The Bertz CT molecular complexity index is 478. The first-order valence-corrected chi connectivity index (χ1v) is 8.24. The summed E-state index contributed by atoms with van der Waals surface area (Å²) in [5.74, 6) is 2.41. The van der Waals surface area contributed by atoms with Gasteiger partial charge in [-0.15, -0.1) is 10.2 Å². The Kier molecular flexibility index (Phi) is 4.85. The maximum atomic E-state index is 12.0. The van der Waals surface area contributed by atoms with Gasteiger partial charge in [0.1, 0.15) is 11.6 Å². The lowest BCUT2D eigenvalue weighted by atomic mass is 10.1. The molecule has 1 aromatic heterocycles. The van der Waals surface area contributed by atoms with Crippen LogP contribution in [0.1, 0.15) is 50.2 Å². The van der Waals surface area contributed by atoms with Crippen molar-refractivity contribution in [2.24, 2.45) is 0 Å². The fourth-order valence-corrected chi connectivity index (χ4v) is 3.20. The fraction of sp³-hybridized carbons (Fsp3) is 0.800. The number of nitrogens with zero attached hydrogens (tertiary/aromatic N) is 4. The Morgan fingerprint density at radius 2 is 1.86 bits per heavy atom. The monoisotopic (exact) mass is 291 g/mol. The van der Waals surface area contributed by atoms with Crippen LogP contribution in [0.4, 0.5) is 0 Å². The normalized spacial score (nSPS) is 18.6. The van der Waals surface area contributed by atoms with E-state index < -0.39 is 0 Å². The minimum atomic E-state index is 0.283. The molecule has 0 bridgehead atoms. The smallest absolute Gasteiger partial charge is 0.223 e. The van der Waals surface area contributed by atoms with Crippen LogP contribution in [-0.2, 0) is 24.3 Å². The van der Waals surface area contributed by atoms with Gasteiger partial charge in [0.2, 0.25) is 5.91 Å². The highest BCUT2D eigenvalue weighted by Gasteiger charge is 2.17. The maximum absolute atomic E-state index is 12.0. The van der Waals surface area contributed by atoms with Crippen molar-refractivity contribution >= 4 is 5.91 Å². The van der Waals surface area contributed by atoms with Gasteiger partial charge < -0.3 is 14.8 Å². The van der Waals surface area contributed by atoms with Crippen LogP contribution in [0, 0.1) is 0 Å². The number of aryl methyl sites for hydroxylation is 1. The van der Waals surface area contributed by atoms with E-state index in [-0.39, 0.29) is 5.91 Å². The SMILES string of the molecule is O=C(CCNCc1nnc2n1CCCC2)N1CCCCC1. The van der Waals surface area contributed by atoms with Gasteiger partial charge in [0.25, 0.3) is 0 Å². The number of nitrogens with one attached hydrogen (secondary N) is 1. The highest BCUT2D eigenvalue weighted by atomic mass is 16.2. The molecule has 1 N–H and O–H groups in total. The topological polar surface area (TPSA) is 63.1 Å². The van der Waals surface area contributed by atoms with Crippen molar-refractivity contribution in [3.05, 3.63) is 11.6 Å². The van der Waals surface area contributed by atoms with Gasteiger partial charge in [-0.25, -0.2) is 0 Å². The Balaban J connectivity index is 1.40. The predicted octanol–water partition coefficient (Wildman–Crippen LogP) is 1.11. The molecule has 116 valence electrons. The average Bonchev–Trinajstić information content (AvgIpc) is 2.95. The van der Waals surface area contributed by atoms with Crippen LogP contribution in [0.15, 0.2) is 0 Å². The molecule has 0 atom stereocenters. The van der Waals surface area contributed by atoms with Crippen molar-refractivity contribution in [1.82, 2.24) is 25.0 Å². The van der Waals surface area contributed by atoms with Crippen molar-refractivity contribution in [3.63, 3.8) is 0 Å². The molecule has 3 heterocycles. The average molecular weight is 291 g/mol. The van der Waals surface area contributed by atoms with Crippen LogP contribution in [0.2, 0.25) is 0 Å². The molecule has 0 aromatic carbocycles. The molecule has 1 fully saturated rings. The molecule has 3 rings (SSSR count). The molecule has 1 saturated heterocycles. The maximum Gasteiger partial charge on any atom is 0.223 e. The molecule has 1 aromatic rings. The quantitative estimate of drug-likeness (QED) is 0.825. The number of fused-ring (bicyclic) bond motifs is 1. The zero-order valence-corrected chi connectivity index (χ0v) is 12.7. The summed E-state index contributed by atoms with van der Waals surface area (Å²) < 4.78 is 2.23. The Morgan fingerprint density at radius 3 is 2.71 bits per heavy atom.